The van der Waals surface area contributed by atoms with Crippen LogP contribution in [-0.2, 0) is 12.8 Å². The molecule has 2 N–H and O–H groups in total. The van der Waals surface area contributed by atoms with E-state index in [1.807, 2.05) is 5.38 Å². The minimum absolute atomic E-state index is 0.632. The maximum absolute atomic E-state index is 5.70. The van der Waals surface area contributed by atoms with Gasteiger partial charge in [0, 0.05) is 5.38 Å². The zero-order valence-electron chi connectivity index (χ0n) is 10.2. The molecule has 0 saturated heterocycles. The molecule has 5 heteroatoms. The molecule has 0 aromatic carbocycles. The summed E-state index contributed by atoms with van der Waals surface area (Å²) in [6, 6.07) is 0. The fraction of sp³-hybridized carbons (Fsp3) is 0.500. The highest BCUT2D eigenvalue weighted by Crippen LogP contribution is 2.33. The Kier molecular flexibility index (Phi) is 4.12. The molecule has 17 heavy (non-hydrogen) atoms. The zero-order chi connectivity index (χ0) is 12.3. The topological polar surface area (TPSA) is 51.8 Å². The quantitative estimate of drug-likeness (QED) is 0.897. The Morgan fingerprint density at radius 1 is 1.18 bits per heavy atom. The Bertz CT molecular complexity index is 488. The lowest BCUT2D eigenvalue weighted by atomic mass is 10.2. The molecular weight excluding hydrogens is 250 g/mol. The first-order valence-electron chi connectivity index (χ1n) is 5.94. The third-order valence-electron chi connectivity index (χ3n) is 2.45. The van der Waals surface area contributed by atoms with Crippen LogP contribution in [0.2, 0.25) is 0 Å². The first-order valence-corrected chi connectivity index (χ1v) is 7.64. The Labute approximate surface area is 110 Å². The van der Waals surface area contributed by atoms with E-state index in [-0.39, 0.29) is 0 Å². The fourth-order valence-corrected chi connectivity index (χ4v) is 3.52. The molecular formula is C12H17N3S2. The number of aromatic nitrogens is 2. The molecule has 0 amide bonds. The number of nitrogens with two attached hydrogens (primary N) is 1. The molecule has 92 valence electrons. The Hall–Kier alpha value is -0.940. The molecule has 2 heterocycles. The summed E-state index contributed by atoms with van der Waals surface area (Å²) in [4.78, 5) is 10.3. The van der Waals surface area contributed by atoms with E-state index in [0.717, 1.165) is 31.4 Å². The first-order chi connectivity index (χ1) is 8.24. The van der Waals surface area contributed by atoms with Gasteiger partial charge in [-0.3, -0.25) is 0 Å². The summed E-state index contributed by atoms with van der Waals surface area (Å²) in [5.74, 6) is 0. The molecule has 0 atom stereocenters. The highest BCUT2D eigenvalue weighted by atomic mass is 32.1. The van der Waals surface area contributed by atoms with E-state index in [1.165, 1.54) is 26.9 Å². The third kappa shape index (κ3) is 2.84. The molecule has 0 saturated carbocycles. The zero-order valence-corrected chi connectivity index (χ0v) is 11.8. The van der Waals surface area contributed by atoms with Crippen LogP contribution in [0.4, 0.5) is 5.13 Å². The van der Waals surface area contributed by atoms with Crippen LogP contribution in [-0.4, -0.2) is 9.97 Å². The molecule has 2 aromatic rings. The van der Waals surface area contributed by atoms with Crippen molar-refractivity contribution in [2.24, 2.45) is 0 Å². The molecule has 0 unspecified atom stereocenters. The van der Waals surface area contributed by atoms with Crippen molar-refractivity contribution in [1.82, 2.24) is 9.97 Å². The number of nitrogens with zero attached hydrogens (tertiary/aromatic N) is 2. The van der Waals surface area contributed by atoms with Crippen LogP contribution in [0.25, 0.3) is 10.6 Å². The largest absolute Gasteiger partial charge is 0.375 e. The van der Waals surface area contributed by atoms with Gasteiger partial charge in [0.15, 0.2) is 5.13 Å². The number of hydrogen-bond donors (Lipinski definition) is 1. The Morgan fingerprint density at radius 3 is 2.53 bits per heavy atom. The van der Waals surface area contributed by atoms with Crippen LogP contribution in [0, 0.1) is 0 Å². The number of thiazole rings is 2. The lowest BCUT2D eigenvalue weighted by Gasteiger charge is -1.95. The van der Waals surface area contributed by atoms with E-state index in [4.69, 9.17) is 10.7 Å². The minimum atomic E-state index is 0.632. The van der Waals surface area contributed by atoms with Crippen molar-refractivity contribution in [1.29, 1.82) is 0 Å². The van der Waals surface area contributed by atoms with Gasteiger partial charge in [0.05, 0.1) is 21.3 Å². The van der Waals surface area contributed by atoms with Gasteiger partial charge in [0.1, 0.15) is 0 Å². The summed E-state index contributed by atoms with van der Waals surface area (Å²) in [6.45, 7) is 4.36. The van der Waals surface area contributed by atoms with Crippen molar-refractivity contribution in [3.63, 3.8) is 0 Å². The van der Waals surface area contributed by atoms with Gasteiger partial charge in [0.2, 0.25) is 0 Å². The number of hydrogen-bond acceptors (Lipinski definition) is 5. The van der Waals surface area contributed by atoms with Crippen molar-refractivity contribution in [3.8, 4) is 10.6 Å². The average molecular weight is 267 g/mol. The highest BCUT2D eigenvalue weighted by molar-refractivity contribution is 7.16. The summed E-state index contributed by atoms with van der Waals surface area (Å²) in [5, 5.41) is 3.88. The molecule has 0 aliphatic rings. The van der Waals surface area contributed by atoms with Gasteiger partial charge in [-0.1, -0.05) is 20.3 Å². The van der Waals surface area contributed by atoms with E-state index >= 15 is 0 Å². The van der Waals surface area contributed by atoms with Gasteiger partial charge in [-0.05, 0) is 19.3 Å². The molecule has 0 aliphatic carbocycles. The molecule has 0 bridgehead atoms. The molecule has 0 fully saturated rings. The van der Waals surface area contributed by atoms with E-state index in [0.29, 0.717) is 5.13 Å². The maximum atomic E-state index is 5.70. The second-order valence-corrected chi connectivity index (χ2v) is 5.93. The van der Waals surface area contributed by atoms with Crippen molar-refractivity contribution >= 4 is 27.8 Å². The summed E-state index contributed by atoms with van der Waals surface area (Å²) in [5.41, 5.74) is 7.88. The van der Waals surface area contributed by atoms with E-state index in [1.54, 1.807) is 11.3 Å². The van der Waals surface area contributed by atoms with Crippen LogP contribution in [0.15, 0.2) is 5.38 Å². The molecule has 0 radical (unpaired) electrons. The van der Waals surface area contributed by atoms with E-state index < -0.39 is 0 Å². The van der Waals surface area contributed by atoms with Crippen molar-refractivity contribution in [2.45, 2.75) is 39.5 Å². The van der Waals surface area contributed by atoms with Crippen LogP contribution in [0.3, 0.4) is 0 Å². The monoisotopic (exact) mass is 267 g/mol. The van der Waals surface area contributed by atoms with Gasteiger partial charge in [0.25, 0.3) is 0 Å². The fourth-order valence-electron chi connectivity index (χ4n) is 1.72. The smallest absolute Gasteiger partial charge is 0.180 e. The summed E-state index contributed by atoms with van der Waals surface area (Å²) >= 11 is 3.26. The van der Waals surface area contributed by atoms with Gasteiger partial charge in [-0.25, -0.2) is 9.97 Å². The number of rotatable bonds is 5. The Balaban J connectivity index is 2.36. The average Bonchev–Trinajstić information content (AvgIpc) is 2.86. The predicted molar refractivity (Wildman–Crippen MR) is 75.6 cm³/mol. The standard InChI is InChI=1S/C12H17N3S2/c1-3-5-8-11(9-7-16-12(13)15-9)17-10(14-8)6-4-2/h7H,3-6H2,1-2H3,(H2,13,15). The SMILES string of the molecule is CCCc1nc(CCC)c(-c2csc(N)n2)s1. The van der Waals surface area contributed by atoms with Crippen molar-refractivity contribution in [2.75, 3.05) is 5.73 Å². The minimum Gasteiger partial charge on any atom is -0.375 e. The van der Waals surface area contributed by atoms with Crippen molar-refractivity contribution in [3.05, 3.63) is 16.1 Å². The predicted octanol–water partition coefficient (Wildman–Crippen LogP) is 3.75. The molecule has 0 spiro atoms. The lowest BCUT2D eigenvalue weighted by molar-refractivity contribution is 0.858. The molecule has 2 rings (SSSR count). The van der Waals surface area contributed by atoms with Crippen LogP contribution in [0.1, 0.15) is 37.4 Å². The summed E-state index contributed by atoms with van der Waals surface area (Å²) < 4.78 is 0. The second-order valence-electron chi connectivity index (χ2n) is 3.95. The second kappa shape index (κ2) is 5.60. The van der Waals surface area contributed by atoms with Crippen LogP contribution >= 0.6 is 22.7 Å². The Morgan fingerprint density at radius 2 is 1.94 bits per heavy atom. The molecule has 2 aromatic heterocycles. The summed E-state index contributed by atoms with van der Waals surface area (Å²) in [7, 11) is 0. The van der Waals surface area contributed by atoms with E-state index in [2.05, 4.69) is 18.8 Å². The number of anilines is 1. The van der Waals surface area contributed by atoms with Gasteiger partial charge in [-0.15, -0.1) is 22.7 Å². The van der Waals surface area contributed by atoms with Gasteiger partial charge in [-0.2, -0.15) is 0 Å². The van der Waals surface area contributed by atoms with Crippen molar-refractivity contribution < 1.29 is 0 Å². The van der Waals surface area contributed by atoms with Crippen LogP contribution in [0.5, 0.6) is 0 Å². The number of aryl methyl sites for hydroxylation is 2. The molecule has 0 aliphatic heterocycles. The summed E-state index contributed by atoms with van der Waals surface area (Å²) in [6.07, 6.45) is 4.33. The van der Waals surface area contributed by atoms with Gasteiger partial charge < -0.3 is 5.73 Å². The number of nitrogen functional groups attached to an aromatic ring is 1. The molecule has 3 nitrogen and oxygen atoms in total. The maximum Gasteiger partial charge on any atom is 0.180 e. The first kappa shape index (κ1) is 12.5. The third-order valence-corrected chi connectivity index (χ3v) is 4.30. The van der Waals surface area contributed by atoms with Gasteiger partial charge >= 0.3 is 0 Å². The lowest BCUT2D eigenvalue weighted by Crippen LogP contribution is -1.89. The normalized spacial score (nSPS) is 10.9. The van der Waals surface area contributed by atoms with E-state index in [9.17, 15) is 0 Å². The highest BCUT2D eigenvalue weighted by Gasteiger charge is 2.14. The van der Waals surface area contributed by atoms with Crippen LogP contribution < -0.4 is 5.73 Å².